The minimum absolute atomic E-state index is 0.694. The number of pyridine rings is 1. The smallest absolute Gasteiger partial charge is 0.0498 e. The van der Waals surface area contributed by atoms with Crippen molar-refractivity contribution in [2.75, 3.05) is 13.1 Å². The van der Waals surface area contributed by atoms with Gasteiger partial charge in [-0.05, 0) is 87.5 Å². The second-order valence-corrected chi connectivity index (χ2v) is 7.30. The lowest BCUT2D eigenvalue weighted by Crippen LogP contribution is -2.26. The third-order valence-corrected chi connectivity index (χ3v) is 5.46. The second-order valence-electron chi connectivity index (χ2n) is 7.30. The van der Waals surface area contributed by atoms with Gasteiger partial charge >= 0.3 is 0 Å². The van der Waals surface area contributed by atoms with E-state index in [0.717, 1.165) is 30.9 Å². The van der Waals surface area contributed by atoms with Crippen molar-refractivity contribution >= 4 is 10.9 Å². The van der Waals surface area contributed by atoms with Crippen molar-refractivity contribution in [1.29, 1.82) is 0 Å². The molecule has 3 aromatic rings. The molecule has 1 aliphatic heterocycles. The fourth-order valence-corrected chi connectivity index (χ4v) is 4.27. The van der Waals surface area contributed by atoms with Crippen molar-refractivity contribution in [1.82, 2.24) is 15.3 Å². The van der Waals surface area contributed by atoms with E-state index in [2.05, 4.69) is 66.4 Å². The highest BCUT2D eigenvalue weighted by Crippen LogP contribution is 2.34. The third-order valence-electron chi connectivity index (χ3n) is 5.46. The van der Waals surface area contributed by atoms with E-state index in [0.29, 0.717) is 5.92 Å². The zero-order chi connectivity index (χ0) is 17.4. The van der Waals surface area contributed by atoms with Crippen LogP contribution in [0.1, 0.15) is 48.2 Å². The number of hydrogen-bond acceptors (Lipinski definition) is 2. The topological polar surface area (TPSA) is 40.7 Å². The van der Waals surface area contributed by atoms with Gasteiger partial charge in [-0.2, -0.15) is 0 Å². The highest BCUT2D eigenvalue weighted by molar-refractivity contribution is 5.91. The van der Waals surface area contributed by atoms with Gasteiger partial charge in [0, 0.05) is 33.5 Å². The Kier molecular flexibility index (Phi) is 4.34. The zero-order valence-electron chi connectivity index (χ0n) is 15.4. The molecule has 3 heteroatoms. The Morgan fingerprint density at radius 3 is 2.44 bits per heavy atom. The van der Waals surface area contributed by atoms with E-state index >= 15 is 0 Å². The van der Waals surface area contributed by atoms with Gasteiger partial charge in [0.2, 0.25) is 0 Å². The first-order valence-electron chi connectivity index (χ1n) is 9.46. The summed E-state index contributed by atoms with van der Waals surface area (Å²) >= 11 is 0. The SMILES string of the molecule is CCc1c(-c2cc(C)nc(C)c2)[nH]c2ccc(C3CCNCC3)cc12. The molecule has 0 saturated carbocycles. The summed E-state index contributed by atoms with van der Waals surface area (Å²) in [6.07, 6.45) is 3.52. The highest BCUT2D eigenvalue weighted by atomic mass is 14.9. The first-order valence-corrected chi connectivity index (χ1v) is 9.46. The number of rotatable bonds is 3. The maximum atomic E-state index is 4.52. The molecule has 0 radical (unpaired) electrons. The van der Waals surface area contributed by atoms with Gasteiger partial charge in [-0.1, -0.05) is 13.0 Å². The monoisotopic (exact) mass is 333 g/mol. The molecule has 1 aromatic carbocycles. The van der Waals surface area contributed by atoms with Gasteiger partial charge in [0.25, 0.3) is 0 Å². The molecule has 130 valence electrons. The van der Waals surface area contributed by atoms with Crippen LogP contribution in [0, 0.1) is 13.8 Å². The quantitative estimate of drug-likeness (QED) is 0.717. The van der Waals surface area contributed by atoms with Crippen LogP contribution < -0.4 is 5.32 Å². The number of benzene rings is 1. The summed E-state index contributed by atoms with van der Waals surface area (Å²) in [5, 5.41) is 4.86. The Balaban J connectivity index is 1.83. The molecule has 1 fully saturated rings. The predicted octanol–water partition coefficient (Wildman–Crippen LogP) is 4.88. The van der Waals surface area contributed by atoms with Gasteiger partial charge in [0.15, 0.2) is 0 Å². The number of nitrogens with zero attached hydrogens (tertiary/aromatic N) is 1. The van der Waals surface area contributed by atoms with Crippen LogP contribution in [0.4, 0.5) is 0 Å². The fraction of sp³-hybridized carbons (Fsp3) is 0.409. The Morgan fingerprint density at radius 2 is 1.76 bits per heavy atom. The molecule has 2 N–H and O–H groups in total. The fourth-order valence-electron chi connectivity index (χ4n) is 4.27. The standard InChI is InChI=1S/C22H27N3/c1-4-19-20-13-17(16-7-9-23-10-8-16)5-6-21(20)25-22(19)18-11-14(2)24-15(3)12-18/h5-6,11-13,16,23,25H,4,7-10H2,1-3H3. The van der Waals surface area contributed by atoms with E-state index in [-0.39, 0.29) is 0 Å². The zero-order valence-corrected chi connectivity index (χ0v) is 15.4. The van der Waals surface area contributed by atoms with Crippen LogP contribution in [0.15, 0.2) is 30.3 Å². The normalized spacial score (nSPS) is 15.8. The highest BCUT2D eigenvalue weighted by Gasteiger charge is 2.18. The van der Waals surface area contributed by atoms with Gasteiger partial charge in [-0.3, -0.25) is 4.98 Å². The van der Waals surface area contributed by atoms with Crippen LogP contribution in [0.5, 0.6) is 0 Å². The second kappa shape index (κ2) is 6.64. The number of hydrogen-bond donors (Lipinski definition) is 2. The minimum Gasteiger partial charge on any atom is -0.354 e. The number of H-pyrrole nitrogens is 1. The summed E-state index contributed by atoms with van der Waals surface area (Å²) in [6.45, 7) is 8.67. The number of piperidine rings is 1. The first kappa shape index (κ1) is 16.3. The number of aryl methyl sites for hydroxylation is 3. The van der Waals surface area contributed by atoms with Crippen LogP contribution >= 0.6 is 0 Å². The molecular formula is C22H27N3. The number of aromatic nitrogens is 2. The largest absolute Gasteiger partial charge is 0.354 e. The van der Waals surface area contributed by atoms with Crippen molar-refractivity contribution in [2.45, 2.75) is 46.0 Å². The molecule has 3 nitrogen and oxygen atoms in total. The lowest BCUT2D eigenvalue weighted by Gasteiger charge is -2.23. The Hall–Kier alpha value is -2.13. The van der Waals surface area contributed by atoms with Gasteiger partial charge in [0.05, 0.1) is 0 Å². The summed E-state index contributed by atoms with van der Waals surface area (Å²) < 4.78 is 0. The van der Waals surface area contributed by atoms with Gasteiger partial charge in [-0.15, -0.1) is 0 Å². The van der Waals surface area contributed by atoms with E-state index in [1.165, 1.54) is 46.1 Å². The summed E-state index contributed by atoms with van der Waals surface area (Å²) in [7, 11) is 0. The Labute approximate surface area is 149 Å². The summed E-state index contributed by atoms with van der Waals surface area (Å²) in [5.74, 6) is 0.694. The van der Waals surface area contributed by atoms with E-state index in [1.54, 1.807) is 0 Å². The maximum absolute atomic E-state index is 4.52. The van der Waals surface area contributed by atoms with Gasteiger partial charge < -0.3 is 10.3 Å². The molecule has 3 heterocycles. The molecular weight excluding hydrogens is 306 g/mol. The number of nitrogens with one attached hydrogen (secondary N) is 2. The molecule has 0 aliphatic carbocycles. The van der Waals surface area contributed by atoms with Crippen LogP contribution in [-0.4, -0.2) is 23.1 Å². The van der Waals surface area contributed by atoms with Crippen molar-refractivity contribution in [2.24, 2.45) is 0 Å². The summed E-state index contributed by atoms with van der Waals surface area (Å²) in [5.41, 5.74) is 8.83. The predicted molar refractivity (Wildman–Crippen MR) is 105 cm³/mol. The van der Waals surface area contributed by atoms with Crippen molar-refractivity contribution in [3.63, 3.8) is 0 Å². The van der Waals surface area contributed by atoms with Gasteiger partial charge in [-0.25, -0.2) is 0 Å². The van der Waals surface area contributed by atoms with Crippen LogP contribution in [0.2, 0.25) is 0 Å². The number of aromatic amines is 1. The van der Waals surface area contributed by atoms with E-state index in [9.17, 15) is 0 Å². The molecule has 0 unspecified atom stereocenters. The lowest BCUT2D eigenvalue weighted by molar-refractivity contribution is 0.460. The first-order chi connectivity index (χ1) is 12.2. The van der Waals surface area contributed by atoms with E-state index in [1.807, 2.05) is 0 Å². The molecule has 25 heavy (non-hydrogen) atoms. The van der Waals surface area contributed by atoms with Crippen molar-refractivity contribution in [3.05, 3.63) is 52.8 Å². The lowest BCUT2D eigenvalue weighted by atomic mass is 9.89. The molecule has 0 spiro atoms. The molecule has 0 amide bonds. The average molecular weight is 333 g/mol. The van der Waals surface area contributed by atoms with E-state index in [4.69, 9.17) is 0 Å². The van der Waals surface area contributed by atoms with E-state index < -0.39 is 0 Å². The van der Waals surface area contributed by atoms with Crippen molar-refractivity contribution in [3.8, 4) is 11.3 Å². The van der Waals surface area contributed by atoms with Crippen molar-refractivity contribution < 1.29 is 0 Å². The maximum Gasteiger partial charge on any atom is 0.0498 e. The third kappa shape index (κ3) is 3.09. The van der Waals surface area contributed by atoms with Gasteiger partial charge in [0.1, 0.15) is 0 Å². The molecule has 0 atom stereocenters. The van der Waals surface area contributed by atoms with Crippen LogP contribution in [0.3, 0.4) is 0 Å². The Bertz CT molecular complexity index is 881. The molecule has 4 rings (SSSR count). The molecule has 2 aromatic heterocycles. The average Bonchev–Trinajstić information content (AvgIpc) is 2.99. The summed E-state index contributed by atoms with van der Waals surface area (Å²) in [4.78, 5) is 8.20. The molecule has 0 bridgehead atoms. The Morgan fingerprint density at radius 1 is 1.04 bits per heavy atom. The summed E-state index contributed by atoms with van der Waals surface area (Å²) in [6, 6.07) is 11.4. The van der Waals surface area contributed by atoms with Crippen LogP contribution in [0.25, 0.3) is 22.2 Å². The molecule has 1 aliphatic rings. The number of fused-ring (bicyclic) bond motifs is 1. The van der Waals surface area contributed by atoms with Crippen LogP contribution in [-0.2, 0) is 6.42 Å². The minimum atomic E-state index is 0.694. The molecule has 1 saturated heterocycles.